The summed E-state index contributed by atoms with van der Waals surface area (Å²) in [4.78, 5) is 16.8. The van der Waals surface area contributed by atoms with Crippen LogP contribution in [0.1, 0.15) is 53.4 Å². The lowest BCUT2D eigenvalue weighted by Crippen LogP contribution is -2.39. The molecule has 0 N–H and O–H groups in total. The van der Waals surface area contributed by atoms with Gasteiger partial charge in [-0.05, 0) is 67.1 Å². The third kappa shape index (κ3) is 6.50. The number of hydrogen-bond acceptors (Lipinski definition) is 4. The van der Waals surface area contributed by atoms with E-state index in [0.717, 1.165) is 31.2 Å². The first-order valence-electron chi connectivity index (χ1n) is 12.1. The smallest absolute Gasteiger partial charge is 0.254 e. The Labute approximate surface area is 227 Å². The normalized spacial score (nSPS) is 15.9. The van der Waals surface area contributed by atoms with Gasteiger partial charge in [0.1, 0.15) is 4.90 Å². The highest BCUT2D eigenvalue weighted by atomic mass is 35.5. The molecule has 1 atom stereocenters. The maximum atomic E-state index is 13.9. The van der Waals surface area contributed by atoms with Crippen LogP contribution in [0.3, 0.4) is 0 Å². The summed E-state index contributed by atoms with van der Waals surface area (Å²) < 4.78 is 28.5. The molecule has 1 amide bonds. The summed E-state index contributed by atoms with van der Waals surface area (Å²) in [6.45, 7) is 3.33. The Morgan fingerprint density at radius 1 is 1.03 bits per heavy atom. The summed E-state index contributed by atoms with van der Waals surface area (Å²) in [7, 11) is -3.81. The molecule has 1 saturated heterocycles. The van der Waals surface area contributed by atoms with Gasteiger partial charge in [0.05, 0.1) is 5.02 Å². The van der Waals surface area contributed by atoms with E-state index >= 15 is 0 Å². The molecule has 36 heavy (non-hydrogen) atoms. The molecule has 0 aliphatic carbocycles. The first-order chi connectivity index (χ1) is 17.3. The Morgan fingerprint density at radius 3 is 2.36 bits per heavy atom. The minimum absolute atomic E-state index is 0.00531. The predicted octanol–water partition coefficient (Wildman–Crippen LogP) is 6.89. The van der Waals surface area contributed by atoms with Gasteiger partial charge in [-0.2, -0.15) is 4.31 Å². The minimum Gasteiger partial charge on any atom is -0.331 e. The lowest BCUT2D eigenvalue weighted by molar-refractivity contribution is 0.0675. The largest absolute Gasteiger partial charge is 0.331 e. The topological polar surface area (TPSA) is 57.7 Å². The monoisotopic (exact) mass is 564 g/mol. The molecular formula is C27H30Cl2N2O3S2. The van der Waals surface area contributed by atoms with Crippen LogP contribution < -0.4 is 0 Å². The number of nitrogens with zero attached hydrogens (tertiary/aromatic N) is 2. The molecule has 3 aromatic rings. The fourth-order valence-corrected chi connectivity index (χ4v) is 7.44. The molecule has 0 radical (unpaired) electrons. The molecule has 9 heteroatoms. The van der Waals surface area contributed by atoms with E-state index in [9.17, 15) is 13.2 Å². The van der Waals surface area contributed by atoms with Gasteiger partial charge < -0.3 is 4.90 Å². The Balaban J connectivity index is 1.66. The van der Waals surface area contributed by atoms with E-state index in [0.29, 0.717) is 36.6 Å². The number of thiophene rings is 1. The van der Waals surface area contributed by atoms with Crippen molar-refractivity contribution in [3.05, 3.63) is 86.0 Å². The molecule has 2 aromatic carbocycles. The van der Waals surface area contributed by atoms with Crippen molar-refractivity contribution in [3.63, 3.8) is 0 Å². The van der Waals surface area contributed by atoms with Crippen molar-refractivity contribution < 1.29 is 13.2 Å². The zero-order valence-corrected chi connectivity index (χ0v) is 23.3. The molecule has 4 rings (SSSR count). The van der Waals surface area contributed by atoms with Crippen LogP contribution in [0.2, 0.25) is 10.0 Å². The summed E-state index contributed by atoms with van der Waals surface area (Å²) in [5.41, 5.74) is 1.25. The first-order valence-corrected chi connectivity index (χ1v) is 15.2. The quantitative estimate of drug-likeness (QED) is 0.299. The van der Waals surface area contributed by atoms with E-state index in [2.05, 4.69) is 6.07 Å². The second-order valence-electron chi connectivity index (χ2n) is 9.16. The van der Waals surface area contributed by atoms with E-state index in [1.54, 1.807) is 34.4 Å². The van der Waals surface area contributed by atoms with Crippen LogP contribution in [-0.4, -0.2) is 42.7 Å². The lowest BCUT2D eigenvalue weighted by Gasteiger charge is -2.30. The van der Waals surface area contributed by atoms with Gasteiger partial charge in [0.15, 0.2) is 0 Å². The third-order valence-electron chi connectivity index (χ3n) is 6.50. The average molecular weight is 566 g/mol. The highest BCUT2D eigenvalue weighted by Crippen LogP contribution is 2.29. The van der Waals surface area contributed by atoms with Crippen LogP contribution in [-0.2, 0) is 23.0 Å². The fourth-order valence-electron chi connectivity index (χ4n) is 4.47. The highest BCUT2D eigenvalue weighted by Gasteiger charge is 2.30. The van der Waals surface area contributed by atoms with Crippen LogP contribution in [0.5, 0.6) is 0 Å². The molecular weight excluding hydrogens is 535 g/mol. The van der Waals surface area contributed by atoms with Crippen molar-refractivity contribution in [2.24, 2.45) is 0 Å². The number of benzene rings is 2. The maximum absolute atomic E-state index is 13.9. The number of rotatable bonds is 8. The summed E-state index contributed by atoms with van der Waals surface area (Å²) >= 11 is 14.1. The van der Waals surface area contributed by atoms with E-state index in [4.69, 9.17) is 23.2 Å². The second-order valence-corrected chi connectivity index (χ2v) is 12.9. The first kappa shape index (κ1) is 27.1. The molecule has 2 heterocycles. The molecule has 1 fully saturated rings. The standard InChI is InChI=1S/C27H30Cl2N2O3S2/c1-20(17-24-7-6-16-35-24)31(19-21-8-11-23(28)12-9-21)27(32)22-10-13-25(29)26(18-22)36(33,34)30-14-4-2-3-5-15-30/h6-13,16,18,20H,2-5,14-15,17,19H2,1H3. The third-order valence-corrected chi connectivity index (χ3v) is 10.0. The second kappa shape index (κ2) is 12.1. The number of carbonyl (C=O) groups is 1. The number of sulfonamides is 1. The van der Waals surface area contributed by atoms with Gasteiger partial charge in [0, 0.05) is 47.6 Å². The van der Waals surface area contributed by atoms with Crippen LogP contribution in [0.15, 0.2) is 64.9 Å². The average Bonchev–Trinajstić information content (AvgIpc) is 3.21. The van der Waals surface area contributed by atoms with Crippen LogP contribution in [0.25, 0.3) is 0 Å². The Bertz CT molecular complexity index is 1270. The highest BCUT2D eigenvalue weighted by molar-refractivity contribution is 7.89. The zero-order chi connectivity index (χ0) is 25.7. The van der Waals surface area contributed by atoms with Gasteiger partial charge in [-0.15, -0.1) is 11.3 Å². The molecule has 0 spiro atoms. The maximum Gasteiger partial charge on any atom is 0.254 e. The predicted molar refractivity (Wildman–Crippen MR) is 147 cm³/mol. The summed E-state index contributed by atoms with van der Waals surface area (Å²) in [5, 5.41) is 2.78. The SMILES string of the molecule is CC(Cc1cccs1)N(Cc1ccc(Cl)cc1)C(=O)c1ccc(Cl)c(S(=O)(=O)N2CCCCCC2)c1. The Hall–Kier alpha value is -1.90. The van der Waals surface area contributed by atoms with Crippen molar-refractivity contribution in [2.45, 2.75) is 56.5 Å². The van der Waals surface area contributed by atoms with Crippen LogP contribution >= 0.6 is 34.5 Å². The molecule has 5 nitrogen and oxygen atoms in total. The zero-order valence-electron chi connectivity index (χ0n) is 20.2. The molecule has 192 valence electrons. The Morgan fingerprint density at radius 2 is 1.72 bits per heavy atom. The fraction of sp³-hybridized carbons (Fsp3) is 0.370. The van der Waals surface area contributed by atoms with Gasteiger partial charge in [-0.1, -0.05) is 54.2 Å². The molecule has 1 unspecified atom stereocenters. The number of hydrogen-bond donors (Lipinski definition) is 0. The van der Waals surface area contributed by atoms with E-state index < -0.39 is 10.0 Å². The van der Waals surface area contributed by atoms with Crippen molar-refractivity contribution in [1.82, 2.24) is 9.21 Å². The number of amides is 1. The van der Waals surface area contributed by atoms with Gasteiger partial charge >= 0.3 is 0 Å². The summed E-state index contributed by atoms with van der Waals surface area (Å²) in [5.74, 6) is -0.238. The van der Waals surface area contributed by atoms with Crippen molar-refractivity contribution in [2.75, 3.05) is 13.1 Å². The van der Waals surface area contributed by atoms with Crippen molar-refractivity contribution >= 4 is 50.5 Å². The summed E-state index contributed by atoms with van der Waals surface area (Å²) in [6.07, 6.45) is 4.37. The van der Waals surface area contributed by atoms with E-state index in [1.807, 2.05) is 30.5 Å². The van der Waals surface area contributed by atoms with Crippen LogP contribution in [0, 0.1) is 0 Å². The van der Waals surface area contributed by atoms with Gasteiger partial charge in [0.2, 0.25) is 10.0 Å². The number of carbonyl (C=O) groups excluding carboxylic acids is 1. The van der Waals surface area contributed by atoms with E-state index in [-0.39, 0.29) is 21.9 Å². The molecule has 1 aliphatic heterocycles. The van der Waals surface area contributed by atoms with Crippen molar-refractivity contribution in [3.8, 4) is 0 Å². The lowest BCUT2D eigenvalue weighted by atomic mass is 10.1. The minimum atomic E-state index is -3.81. The molecule has 0 bridgehead atoms. The summed E-state index contributed by atoms with van der Waals surface area (Å²) in [6, 6.07) is 15.9. The number of halogens is 2. The molecule has 0 saturated carbocycles. The Kier molecular flexibility index (Phi) is 9.12. The van der Waals surface area contributed by atoms with Gasteiger partial charge in [-0.25, -0.2) is 8.42 Å². The molecule has 1 aliphatic rings. The van der Waals surface area contributed by atoms with E-state index in [1.165, 1.54) is 21.3 Å². The van der Waals surface area contributed by atoms with Crippen LogP contribution in [0.4, 0.5) is 0 Å². The molecule has 1 aromatic heterocycles. The van der Waals surface area contributed by atoms with Gasteiger partial charge in [0.25, 0.3) is 5.91 Å². The van der Waals surface area contributed by atoms with Gasteiger partial charge in [-0.3, -0.25) is 4.79 Å². The van der Waals surface area contributed by atoms with Crippen molar-refractivity contribution in [1.29, 1.82) is 0 Å².